The molecule has 0 aliphatic rings. The second kappa shape index (κ2) is 5.83. The summed E-state index contributed by atoms with van der Waals surface area (Å²) in [4.78, 5) is 4.09. The van der Waals surface area contributed by atoms with Crippen molar-refractivity contribution in [2.75, 3.05) is 0 Å². The summed E-state index contributed by atoms with van der Waals surface area (Å²) in [6.45, 7) is 1.97. The Labute approximate surface area is 120 Å². The first-order chi connectivity index (χ1) is 8.56. The summed E-state index contributed by atoms with van der Waals surface area (Å²) in [5.74, 6) is 0. The molecule has 0 bridgehead atoms. The number of benzene rings is 1. The van der Waals surface area contributed by atoms with E-state index in [1.54, 1.807) is 12.4 Å². The van der Waals surface area contributed by atoms with Crippen molar-refractivity contribution in [1.82, 2.24) is 4.98 Å². The Balaban J connectivity index is 2.21. The van der Waals surface area contributed by atoms with Crippen molar-refractivity contribution in [3.63, 3.8) is 0 Å². The Morgan fingerprint density at radius 2 is 2.11 bits per heavy atom. The van der Waals surface area contributed by atoms with Crippen LogP contribution in [-0.2, 0) is 6.42 Å². The molecule has 1 heterocycles. The third-order valence-electron chi connectivity index (χ3n) is 2.79. The number of aliphatic hydroxyl groups excluding tert-OH is 1. The number of rotatable bonds is 3. The Kier molecular flexibility index (Phi) is 4.38. The highest BCUT2D eigenvalue weighted by Crippen LogP contribution is 2.25. The molecule has 2 nitrogen and oxygen atoms in total. The zero-order valence-corrected chi connectivity index (χ0v) is 12.2. The van der Waals surface area contributed by atoms with Gasteiger partial charge in [-0.25, -0.2) is 0 Å². The van der Waals surface area contributed by atoms with Crippen molar-refractivity contribution in [3.05, 3.63) is 62.8 Å². The number of aryl methyl sites for hydroxylation is 1. The summed E-state index contributed by atoms with van der Waals surface area (Å²) < 4.78 is 0.912. The van der Waals surface area contributed by atoms with Crippen LogP contribution in [-0.4, -0.2) is 10.1 Å². The summed E-state index contributed by atoms with van der Waals surface area (Å²) in [7, 11) is 0. The molecule has 0 amide bonds. The molecule has 0 aliphatic carbocycles. The molecule has 0 radical (unpaired) electrons. The number of hydrogen-bond acceptors (Lipinski definition) is 2. The quantitative estimate of drug-likeness (QED) is 0.922. The lowest BCUT2D eigenvalue weighted by Gasteiger charge is -2.14. The summed E-state index contributed by atoms with van der Waals surface area (Å²) in [5.41, 5.74) is 2.88. The Morgan fingerprint density at radius 3 is 2.83 bits per heavy atom. The van der Waals surface area contributed by atoms with Crippen molar-refractivity contribution >= 4 is 27.5 Å². The molecule has 18 heavy (non-hydrogen) atoms. The van der Waals surface area contributed by atoms with Crippen LogP contribution in [0.25, 0.3) is 0 Å². The molecule has 0 aliphatic heterocycles. The van der Waals surface area contributed by atoms with Gasteiger partial charge in [-0.1, -0.05) is 17.7 Å². The van der Waals surface area contributed by atoms with Gasteiger partial charge in [-0.2, -0.15) is 0 Å². The Morgan fingerprint density at radius 1 is 1.33 bits per heavy atom. The van der Waals surface area contributed by atoms with Gasteiger partial charge in [0.15, 0.2) is 0 Å². The van der Waals surface area contributed by atoms with Crippen molar-refractivity contribution in [1.29, 1.82) is 0 Å². The standard InChI is InChI=1S/C14H13BrClNO/c1-9-2-3-12(16)6-13(9)14(18)5-10-4-11(15)8-17-7-10/h2-4,6-8,14,18H,5H2,1H3. The van der Waals surface area contributed by atoms with Crippen molar-refractivity contribution < 1.29 is 5.11 Å². The first-order valence-corrected chi connectivity index (χ1v) is 6.77. The second-order valence-corrected chi connectivity index (χ2v) is 5.58. The lowest BCUT2D eigenvalue weighted by atomic mass is 9.98. The molecule has 2 aromatic rings. The molecule has 0 saturated heterocycles. The van der Waals surface area contributed by atoms with Gasteiger partial charge < -0.3 is 5.11 Å². The van der Waals surface area contributed by atoms with E-state index < -0.39 is 6.10 Å². The summed E-state index contributed by atoms with van der Waals surface area (Å²) in [5, 5.41) is 10.9. The van der Waals surface area contributed by atoms with Crippen LogP contribution in [0.2, 0.25) is 5.02 Å². The minimum Gasteiger partial charge on any atom is -0.388 e. The third-order valence-corrected chi connectivity index (χ3v) is 3.46. The van der Waals surface area contributed by atoms with Crippen LogP contribution in [0.3, 0.4) is 0 Å². The van der Waals surface area contributed by atoms with Gasteiger partial charge >= 0.3 is 0 Å². The number of halogens is 2. The monoisotopic (exact) mass is 325 g/mol. The highest BCUT2D eigenvalue weighted by molar-refractivity contribution is 9.10. The highest BCUT2D eigenvalue weighted by atomic mass is 79.9. The lowest BCUT2D eigenvalue weighted by molar-refractivity contribution is 0.177. The van der Waals surface area contributed by atoms with Gasteiger partial charge in [0.05, 0.1) is 6.10 Å². The van der Waals surface area contributed by atoms with E-state index in [9.17, 15) is 5.11 Å². The van der Waals surface area contributed by atoms with E-state index in [2.05, 4.69) is 20.9 Å². The van der Waals surface area contributed by atoms with E-state index in [4.69, 9.17) is 11.6 Å². The van der Waals surface area contributed by atoms with E-state index in [0.29, 0.717) is 11.4 Å². The number of aliphatic hydroxyl groups is 1. The number of nitrogens with zero attached hydrogens (tertiary/aromatic N) is 1. The van der Waals surface area contributed by atoms with E-state index in [1.165, 1.54) is 0 Å². The zero-order chi connectivity index (χ0) is 13.1. The number of aromatic nitrogens is 1. The predicted molar refractivity (Wildman–Crippen MR) is 76.8 cm³/mol. The molecular formula is C14H13BrClNO. The molecule has 2 rings (SSSR count). The first-order valence-electron chi connectivity index (χ1n) is 5.60. The normalized spacial score (nSPS) is 12.4. The van der Waals surface area contributed by atoms with Crippen LogP contribution < -0.4 is 0 Å². The lowest BCUT2D eigenvalue weighted by Crippen LogP contribution is -2.04. The van der Waals surface area contributed by atoms with E-state index in [0.717, 1.165) is 21.2 Å². The first kappa shape index (κ1) is 13.5. The molecule has 1 N–H and O–H groups in total. The van der Waals surface area contributed by atoms with Gasteiger partial charge in [-0.15, -0.1) is 0 Å². The van der Waals surface area contributed by atoms with Crippen LogP contribution >= 0.6 is 27.5 Å². The highest BCUT2D eigenvalue weighted by Gasteiger charge is 2.12. The molecule has 1 atom stereocenters. The van der Waals surface area contributed by atoms with E-state index >= 15 is 0 Å². The average molecular weight is 327 g/mol. The molecule has 1 aromatic carbocycles. The average Bonchev–Trinajstić information content (AvgIpc) is 2.32. The summed E-state index contributed by atoms with van der Waals surface area (Å²) in [6, 6.07) is 7.51. The topological polar surface area (TPSA) is 33.1 Å². The molecule has 4 heteroatoms. The number of hydrogen-bond donors (Lipinski definition) is 1. The fourth-order valence-corrected chi connectivity index (χ4v) is 2.46. The summed E-state index contributed by atoms with van der Waals surface area (Å²) in [6.07, 6.45) is 3.43. The van der Waals surface area contributed by atoms with Gasteiger partial charge in [-0.3, -0.25) is 4.98 Å². The molecule has 94 valence electrons. The zero-order valence-electron chi connectivity index (χ0n) is 9.90. The molecular weight excluding hydrogens is 314 g/mol. The predicted octanol–water partition coefficient (Wildman–Crippen LogP) is 4.08. The third kappa shape index (κ3) is 3.31. The van der Waals surface area contributed by atoms with Gasteiger partial charge in [0, 0.05) is 28.3 Å². The van der Waals surface area contributed by atoms with Gasteiger partial charge in [0.2, 0.25) is 0 Å². The maximum atomic E-state index is 10.3. The fourth-order valence-electron chi connectivity index (χ4n) is 1.87. The molecule has 0 spiro atoms. The van der Waals surface area contributed by atoms with Crippen LogP contribution in [0.1, 0.15) is 22.8 Å². The van der Waals surface area contributed by atoms with Crippen LogP contribution in [0.4, 0.5) is 0 Å². The van der Waals surface area contributed by atoms with Gasteiger partial charge in [0.25, 0.3) is 0 Å². The Bertz CT molecular complexity index is 559. The van der Waals surface area contributed by atoms with Crippen LogP contribution in [0.5, 0.6) is 0 Å². The second-order valence-electron chi connectivity index (χ2n) is 4.23. The van der Waals surface area contributed by atoms with E-state index in [1.807, 2.05) is 31.2 Å². The largest absolute Gasteiger partial charge is 0.388 e. The van der Waals surface area contributed by atoms with Gasteiger partial charge in [0.1, 0.15) is 0 Å². The van der Waals surface area contributed by atoms with Crippen LogP contribution in [0.15, 0.2) is 41.1 Å². The van der Waals surface area contributed by atoms with Crippen molar-refractivity contribution in [3.8, 4) is 0 Å². The summed E-state index contributed by atoms with van der Waals surface area (Å²) >= 11 is 9.33. The Hall–Kier alpha value is -0.900. The smallest absolute Gasteiger partial charge is 0.0834 e. The van der Waals surface area contributed by atoms with Crippen molar-refractivity contribution in [2.45, 2.75) is 19.4 Å². The molecule has 0 saturated carbocycles. The van der Waals surface area contributed by atoms with E-state index in [-0.39, 0.29) is 0 Å². The van der Waals surface area contributed by atoms with Gasteiger partial charge in [-0.05, 0) is 57.7 Å². The minimum absolute atomic E-state index is 0.521. The minimum atomic E-state index is -0.570. The molecule has 1 unspecified atom stereocenters. The maximum absolute atomic E-state index is 10.3. The maximum Gasteiger partial charge on any atom is 0.0834 e. The SMILES string of the molecule is Cc1ccc(Cl)cc1C(O)Cc1cncc(Br)c1. The molecule has 1 aromatic heterocycles. The molecule has 0 fully saturated rings. The van der Waals surface area contributed by atoms with Crippen molar-refractivity contribution in [2.24, 2.45) is 0 Å². The van der Waals surface area contributed by atoms with Crippen LogP contribution in [0, 0.1) is 6.92 Å². The number of pyridine rings is 1. The fraction of sp³-hybridized carbons (Fsp3) is 0.214.